The van der Waals surface area contributed by atoms with Crippen LogP contribution in [0.2, 0.25) is 0 Å². The normalized spacial score (nSPS) is 26.9. The van der Waals surface area contributed by atoms with E-state index in [1.165, 1.54) is 11.0 Å². The van der Waals surface area contributed by atoms with Crippen molar-refractivity contribution in [2.24, 2.45) is 5.92 Å². The molecule has 0 radical (unpaired) electrons. The van der Waals surface area contributed by atoms with E-state index >= 15 is 0 Å². The van der Waals surface area contributed by atoms with Crippen molar-refractivity contribution in [2.75, 3.05) is 13.2 Å². The third kappa shape index (κ3) is 3.58. The van der Waals surface area contributed by atoms with Gasteiger partial charge in [0.25, 0.3) is 0 Å². The fraction of sp³-hybridized carbons (Fsp3) is 0.667. The fourth-order valence-corrected chi connectivity index (χ4v) is 3.46. The number of hydrogen-bond donors (Lipinski definition) is 2. The molecule has 0 spiro atoms. The highest BCUT2D eigenvalue weighted by Crippen LogP contribution is 2.39. The molecule has 0 unspecified atom stereocenters. The summed E-state index contributed by atoms with van der Waals surface area (Å²) >= 11 is 0. The minimum atomic E-state index is -0.975. The first kappa shape index (κ1) is 16.3. The number of alkyl carbamates (subject to hydrolysis) is 1. The highest BCUT2D eigenvalue weighted by atomic mass is 16.5. The number of carboxylic acids is 1. The number of carbonyl (C=O) groups excluding carboxylic acids is 2. The summed E-state index contributed by atoms with van der Waals surface area (Å²) < 4.78 is 4.73. The molecule has 1 aliphatic heterocycles. The van der Waals surface area contributed by atoms with Gasteiger partial charge in [-0.05, 0) is 25.2 Å². The monoisotopic (exact) mass is 310 g/mol. The number of aliphatic carboxylic acids is 1. The molecule has 3 atom stereocenters. The summed E-state index contributed by atoms with van der Waals surface area (Å²) in [6.07, 6.45) is 5.11. The quantitative estimate of drug-likeness (QED) is 0.742. The number of nitrogens with one attached hydrogen (secondary N) is 1. The predicted octanol–water partition coefficient (Wildman–Crippen LogP) is 1.14. The molecule has 22 heavy (non-hydrogen) atoms. The molecule has 0 aromatic carbocycles. The van der Waals surface area contributed by atoms with Crippen molar-refractivity contribution in [2.45, 2.75) is 44.2 Å². The number of fused-ring (bicyclic) bond motifs is 1. The Hall–Kier alpha value is -2.05. The standard InChI is InChI=1S/C15H22N2O5/c1-2-7-22-15(21)16-9-13(18)17-11-6-4-3-5-10(11)8-12(17)14(19)20/h2,10-12H,1,3-9H2,(H,16,21)(H,19,20)/t10-,11-,12-/m0/s1. The lowest BCUT2D eigenvalue weighted by Crippen LogP contribution is -2.50. The van der Waals surface area contributed by atoms with Crippen LogP contribution in [0, 0.1) is 5.92 Å². The number of ether oxygens (including phenoxy) is 1. The Morgan fingerprint density at radius 3 is 2.73 bits per heavy atom. The Labute approximate surface area is 129 Å². The van der Waals surface area contributed by atoms with Gasteiger partial charge in [0.05, 0.1) is 0 Å². The van der Waals surface area contributed by atoms with Crippen molar-refractivity contribution >= 4 is 18.0 Å². The molecule has 2 rings (SSSR count). The molecule has 1 aliphatic carbocycles. The molecule has 1 saturated heterocycles. The van der Waals surface area contributed by atoms with Crippen LogP contribution in [0.25, 0.3) is 0 Å². The van der Waals surface area contributed by atoms with Gasteiger partial charge >= 0.3 is 12.1 Å². The van der Waals surface area contributed by atoms with Gasteiger partial charge in [-0.2, -0.15) is 0 Å². The van der Waals surface area contributed by atoms with E-state index in [9.17, 15) is 19.5 Å². The van der Waals surface area contributed by atoms with Crippen LogP contribution in [0.4, 0.5) is 4.79 Å². The van der Waals surface area contributed by atoms with Crippen LogP contribution in [0.3, 0.4) is 0 Å². The molecule has 122 valence electrons. The Bertz CT molecular complexity index is 465. The van der Waals surface area contributed by atoms with Crippen molar-refractivity contribution in [1.29, 1.82) is 0 Å². The lowest BCUT2D eigenvalue weighted by molar-refractivity contribution is -0.149. The number of nitrogens with zero attached hydrogens (tertiary/aromatic N) is 1. The number of hydrogen-bond acceptors (Lipinski definition) is 4. The Kier molecular flexibility index (Phi) is 5.41. The molecule has 1 saturated carbocycles. The molecule has 7 heteroatoms. The zero-order valence-corrected chi connectivity index (χ0v) is 12.5. The minimum absolute atomic E-state index is 0.0201. The van der Waals surface area contributed by atoms with Gasteiger partial charge < -0.3 is 20.1 Å². The van der Waals surface area contributed by atoms with E-state index in [4.69, 9.17) is 4.74 Å². The average molecular weight is 310 g/mol. The first-order valence-electron chi connectivity index (χ1n) is 7.60. The van der Waals surface area contributed by atoms with Crippen molar-refractivity contribution in [3.05, 3.63) is 12.7 Å². The van der Waals surface area contributed by atoms with Gasteiger partial charge in [-0.1, -0.05) is 25.5 Å². The largest absolute Gasteiger partial charge is 0.480 e. The summed E-state index contributed by atoms with van der Waals surface area (Å²) in [5.41, 5.74) is 0. The smallest absolute Gasteiger partial charge is 0.407 e. The highest BCUT2D eigenvalue weighted by molar-refractivity contribution is 5.87. The highest BCUT2D eigenvalue weighted by Gasteiger charge is 2.47. The van der Waals surface area contributed by atoms with Crippen LogP contribution in [-0.4, -0.2) is 53.2 Å². The second-order valence-corrected chi connectivity index (χ2v) is 5.74. The molecule has 2 fully saturated rings. The number of rotatable bonds is 5. The molecule has 0 aromatic heterocycles. The summed E-state index contributed by atoms with van der Waals surface area (Å²) in [4.78, 5) is 36.6. The van der Waals surface area contributed by atoms with Gasteiger partial charge in [-0.15, -0.1) is 0 Å². The second-order valence-electron chi connectivity index (χ2n) is 5.74. The third-order valence-corrected chi connectivity index (χ3v) is 4.38. The van der Waals surface area contributed by atoms with Crippen LogP contribution < -0.4 is 5.32 Å². The zero-order valence-electron chi connectivity index (χ0n) is 12.5. The molecule has 2 N–H and O–H groups in total. The van der Waals surface area contributed by atoms with Crippen LogP contribution in [-0.2, 0) is 14.3 Å². The maximum atomic E-state index is 12.4. The minimum Gasteiger partial charge on any atom is -0.480 e. The van der Waals surface area contributed by atoms with Gasteiger partial charge in [0, 0.05) is 6.04 Å². The van der Waals surface area contributed by atoms with Gasteiger partial charge in [-0.25, -0.2) is 9.59 Å². The zero-order chi connectivity index (χ0) is 16.1. The van der Waals surface area contributed by atoms with E-state index in [-0.39, 0.29) is 31.0 Å². The van der Waals surface area contributed by atoms with E-state index in [1.807, 2.05) is 0 Å². The van der Waals surface area contributed by atoms with Gasteiger partial charge in [0.2, 0.25) is 5.91 Å². The molecular formula is C15H22N2O5. The maximum absolute atomic E-state index is 12.4. The number of carbonyl (C=O) groups is 3. The second kappa shape index (κ2) is 7.29. The van der Waals surface area contributed by atoms with E-state index in [2.05, 4.69) is 11.9 Å². The number of amides is 2. The molecule has 2 amide bonds. The Balaban J connectivity index is 1.97. The van der Waals surface area contributed by atoms with E-state index in [0.29, 0.717) is 6.42 Å². The van der Waals surface area contributed by atoms with Crippen molar-refractivity contribution in [3.8, 4) is 0 Å². The number of likely N-dealkylation sites (tertiary alicyclic amines) is 1. The molecule has 0 bridgehead atoms. The van der Waals surface area contributed by atoms with Gasteiger partial charge in [0.15, 0.2) is 0 Å². The Morgan fingerprint density at radius 2 is 2.05 bits per heavy atom. The van der Waals surface area contributed by atoms with Crippen molar-refractivity contribution in [1.82, 2.24) is 10.2 Å². The Morgan fingerprint density at radius 1 is 1.32 bits per heavy atom. The van der Waals surface area contributed by atoms with Crippen molar-refractivity contribution < 1.29 is 24.2 Å². The average Bonchev–Trinajstić information content (AvgIpc) is 2.90. The van der Waals surface area contributed by atoms with E-state index in [1.54, 1.807) is 0 Å². The molecular weight excluding hydrogens is 288 g/mol. The first-order chi connectivity index (χ1) is 10.5. The van der Waals surface area contributed by atoms with Gasteiger partial charge in [0.1, 0.15) is 19.2 Å². The maximum Gasteiger partial charge on any atom is 0.407 e. The van der Waals surface area contributed by atoms with Crippen LogP contribution in [0.1, 0.15) is 32.1 Å². The van der Waals surface area contributed by atoms with E-state index < -0.39 is 18.1 Å². The first-order valence-corrected chi connectivity index (χ1v) is 7.60. The summed E-state index contributed by atoms with van der Waals surface area (Å²) in [5.74, 6) is -1.08. The van der Waals surface area contributed by atoms with E-state index in [0.717, 1.165) is 25.7 Å². The van der Waals surface area contributed by atoms with Crippen LogP contribution in [0.5, 0.6) is 0 Å². The van der Waals surface area contributed by atoms with Crippen LogP contribution >= 0.6 is 0 Å². The lowest BCUT2D eigenvalue weighted by Gasteiger charge is -2.33. The van der Waals surface area contributed by atoms with Gasteiger partial charge in [-0.3, -0.25) is 4.79 Å². The molecule has 2 aliphatic rings. The third-order valence-electron chi connectivity index (χ3n) is 4.38. The predicted molar refractivity (Wildman–Crippen MR) is 78.2 cm³/mol. The topological polar surface area (TPSA) is 95.9 Å². The summed E-state index contributed by atoms with van der Waals surface area (Å²) in [7, 11) is 0. The molecule has 7 nitrogen and oxygen atoms in total. The lowest BCUT2D eigenvalue weighted by atomic mass is 9.85. The summed E-state index contributed by atoms with van der Waals surface area (Å²) in [6, 6.07) is -0.806. The SMILES string of the molecule is C=CCOC(=O)NCC(=O)N1[C@H](C(=O)O)C[C@@H]2CCCC[C@@H]21. The number of carboxylic acid groups (broad SMARTS) is 1. The summed E-state index contributed by atoms with van der Waals surface area (Å²) in [5, 5.41) is 11.7. The van der Waals surface area contributed by atoms with Crippen molar-refractivity contribution in [3.63, 3.8) is 0 Å². The van der Waals surface area contributed by atoms with Crippen LogP contribution in [0.15, 0.2) is 12.7 Å². The molecule has 0 aromatic rings. The summed E-state index contributed by atoms with van der Waals surface area (Å²) in [6.45, 7) is 3.23. The molecule has 1 heterocycles. The fourth-order valence-electron chi connectivity index (χ4n) is 3.46.